The maximum Gasteiger partial charge on any atom is 0.277 e. The van der Waals surface area contributed by atoms with E-state index in [1.54, 1.807) is 6.07 Å². The molecule has 0 fully saturated rings. The molecule has 2 rings (SSSR count). The highest BCUT2D eigenvalue weighted by molar-refractivity contribution is 6.02. The van der Waals surface area contributed by atoms with Crippen LogP contribution in [0.2, 0.25) is 0 Å². The van der Waals surface area contributed by atoms with Crippen molar-refractivity contribution in [1.82, 2.24) is 4.98 Å². The molecule has 1 heterocycles. The summed E-state index contributed by atoms with van der Waals surface area (Å²) < 4.78 is 18.0. The van der Waals surface area contributed by atoms with Gasteiger partial charge in [-0.2, -0.15) is 0 Å². The Labute approximate surface area is 114 Å². The van der Waals surface area contributed by atoms with Crippen molar-refractivity contribution < 1.29 is 18.7 Å². The summed E-state index contributed by atoms with van der Waals surface area (Å²) in [6, 6.07) is 4.66. The van der Waals surface area contributed by atoms with Crippen LogP contribution in [0.3, 0.4) is 0 Å². The summed E-state index contributed by atoms with van der Waals surface area (Å²) in [7, 11) is 0. The average molecular weight is 279 g/mol. The SMILES string of the molecule is CC(O)C(N)c1nc(C(=O)Nc2cccc(F)c2)co1. The Hall–Kier alpha value is -2.25. The highest BCUT2D eigenvalue weighted by Crippen LogP contribution is 2.15. The normalized spacial score (nSPS) is 13.8. The number of aliphatic hydroxyl groups is 1. The van der Waals surface area contributed by atoms with E-state index < -0.39 is 23.9 Å². The Kier molecular flexibility index (Phi) is 4.11. The van der Waals surface area contributed by atoms with Crippen LogP contribution in [-0.4, -0.2) is 22.1 Å². The van der Waals surface area contributed by atoms with Crippen molar-refractivity contribution in [2.45, 2.75) is 19.1 Å². The van der Waals surface area contributed by atoms with E-state index in [0.29, 0.717) is 5.69 Å². The molecule has 0 saturated carbocycles. The summed E-state index contributed by atoms with van der Waals surface area (Å²) in [4.78, 5) is 15.8. The Morgan fingerprint density at radius 3 is 2.95 bits per heavy atom. The van der Waals surface area contributed by atoms with Gasteiger partial charge < -0.3 is 20.6 Å². The van der Waals surface area contributed by atoms with Gasteiger partial charge in [-0.05, 0) is 25.1 Å². The van der Waals surface area contributed by atoms with Gasteiger partial charge in [0.15, 0.2) is 5.69 Å². The molecule has 2 atom stereocenters. The predicted molar refractivity (Wildman–Crippen MR) is 69.5 cm³/mol. The van der Waals surface area contributed by atoms with Gasteiger partial charge in [0.05, 0.1) is 6.10 Å². The molecule has 0 spiro atoms. The molecule has 7 heteroatoms. The number of hydrogen-bond acceptors (Lipinski definition) is 5. The van der Waals surface area contributed by atoms with E-state index in [1.807, 2.05) is 0 Å². The molecule has 0 radical (unpaired) electrons. The molecule has 2 aromatic rings. The molecule has 4 N–H and O–H groups in total. The first-order valence-electron chi connectivity index (χ1n) is 5.93. The number of nitrogens with zero attached hydrogens (tertiary/aromatic N) is 1. The van der Waals surface area contributed by atoms with Crippen molar-refractivity contribution in [1.29, 1.82) is 0 Å². The summed E-state index contributed by atoms with van der Waals surface area (Å²) >= 11 is 0. The summed E-state index contributed by atoms with van der Waals surface area (Å²) in [5.74, 6) is -0.951. The fourth-order valence-electron chi connectivity index (χ4n) is 1.51. The van der Waals surface area contributed by atoms with E-state index >= 15 is 0 Å². The molecular formula is C13H14FN3O3. The Morgan fingerprint density at radius 1 is 1.55 bits per heavy atom. The fraction of sp³-hybridized carbons (Fsp3) is 0.231. The number of rotatable bonds is 4. The van der Waals surface area contributed by atoms with Gasteiger partial charge in [-0.3, -0.25) is 4.79 Å². The number of anilines is 1. The van der Waals surface area contributed by atoms with Gasteiger partial charge in [0.25, 0.3) is 5.91 Å². The quantitative estimate of drug-likeness (QED) is 0.786. The van der Waals surface area contributed by atoms with Gasteiger partial charge >= 0.3 is 0 Å². The molecule has 106 valence electrons. The smallest absolute Gasteiger partial charge is 0.277 e. The number of carbonyl (C=O) groups excluding carboxylic acids is 1. The van der Waals surface area contributed by atoms with Crippen LogP contribution < -0.4 is 11.1 Å². The first-order valence-corrected chi connectivity index (χ1v) is 5.93. The fourth-order valence-corrected chi connectivity index (χ4v) is 1.51. The van der Waals surface area contributed by atoms with Crippen molar-refractivity contribution >= 4 is 11.6 Å². The van der Waals surface area contributed by atoms with E-state index in [-0.39, 0.29) is 11.6 Å². The van der Waals surface area contributed by atoms with Gasteiger partial charge in [-0.15, -0.1) is 0 Å². The van der Waals surface area contributed by atoms with Gasteiger partial charge in [-0.1, -0.05) is 6.07 Å². The van der Waals surface area contributed by atoms with Gasteiger partial charge in [0.2, 0.25) is 5.89 Å². The number of nitrogens with one attached hydrogen (secondary N) is 1. The summed E-state index contributed by atoms with van der Waals surface area (Å²) in [6.07, 6.45) is 0.277. The lowest BCUT2D eigenvalue weighted by molar-refractivity contribution is 0.102. The van der Waals surface area contributed by atoms with Gasteiger partial charge in [0.1, 0.15) is 18.1 Å². The minimum absolute atomic E-state index is 0.000334. The molecule has 0 aliphatic rings. The number of aliphatic hydroxyl groups excluding tert-OH is 1. The van der Waals surface area contributed by atoms with Crippen molar-refractivity contribution in [3.63, 3.8) is 0 Å². The molecule has 1 aromatic carbocycles. The van der Waals surface area contributed by atoms with Crippen LogP contribution in [-0.2, 0) is 0 Å². The zero-order valence-electron chi connectivity index (χ0n) is 10.7. The third kappa shape index (κ3) is 3.19. The number of oxazole rings is 1. The molecule has 0 aliphatic carbocycles. The maximum atomic E-state index is 13.0. The van der Waals surface area contributed by atoms with E-state index in [0.717, 1.165) is 6.26 Å². The number of hydrogen-bond donors (Lipinski definition) is 3. The number of carbonyl (C=O) groups is 1. The van der Waals surface area contributed by atoms with Crippen LogP contribution >= 0.6 is 0 Å². The van der Waals surface area contributed by atoms with Crippen molar-refractivity contribution in [2.75, 3.05) is 5.32 Å². The van der Waals surface area contributed by atoms with Crippen LogP contribution in [0, 0.1) is 5.82 Å². The summed E-state index contributed by atoms with van der Waals surface area (Å²) in [6.45, 7) is 1.49. The van der Waals surface area contributed by atoms with Crippen molar-refractivity contribution in [3.05, 3.63) is 47.9 Å². The number of halogens is 1. The molecule has 20 heavy (non-hydrogen) atoms. The van der Waals surface area contributed by atoms with E-state index in [9.17, 15) is 14.3 Å². The van der Waals surface area contributed by atoms with Crippen molar-refractivity contribution in [2.24, 2.45) is 5.73 Å². The van der Waals surface area contributed by atoms with Crippen LogP contribution in [0.4, 0.5) is 10.1 Å². The van der Waals surface area contributed by atoms with Crippen molar-refractivity contribution in [3.8, 4) is 0 Å². The first kappa shape index (κ1) is 14.2. The number of benzene rings is 1. The molecule has 1 amide bonds. The summed E-state index contributed by atoms with van der Waals surface area (Å²) in [5, 5.41) is 11.8. The van der Waals surface area contributed by atoms with Crippen LogP contribution in [0.1, 0.15) is 29.3 Å². The maximum absolute atomic E-state index is 13.0. The molecule has 0 aliphatic heterocycles. The minimum Gasteiger partial charge on any atom is -0.446 e. The van der Waals surface area contributed by atoms with E-state index in [1.165, 1.54) is 25.1 Å². The van der Waals surface area contributed by atoms with Crippen LogP contribution in [0.15, 0.2) is 34.9 Å². The zero-order chi connectivity index (χ0) is 14.7. The number of amides is 1. The minimum atomic E-state index is -0.854. The summed E-state index contributed by atoms with van der Waals surface area (Å²) in [5.41, 5.74) is 5.94. The molecule has 0 saturated heterocycles. The van der Waals surface area contributed by atoms with Crippen LogP contribution in [0.25, 0.3) is 0 Å². The highest BCUT2D eigenvalue weighted by atomic mass is 19.1. The molecule has 6 nitrogen and oxygen atoms in total. The molecule has 1 aromatic heterocycles. The predicted octanol–water partition coefficient (Wildman–Crippen LogP) is 1.45. The Balaban J connectivity index is 2.10. The first-order chi connectivity index (χ1) is 9.47. The van der Waals surface area contributed by atoms with E-state index in [4.69, 9.17) is 10.2 Å². The average Bonchev–Trinajstić information content (AvgIpc) is 2.87. The molecule has 2 unspecified atom stereocenters. The Bertz CT molecular complexity index is 612. The number of nitrogens with two attached hydrogens (primary N) is 1. The second-order valence-electron chi connectivity index (χ2n) is 4.30. The second kappa shape index (κ2) is 5.81. The molecular weight excluding hydrogens is 265 g/mol. The van der Waals surface area contributed by atoms with Gasteiger partial charge in [-0.25, -0.2) is 9.37 Å². The largest absolute Gasteiger partial charge is 0.446 e. The number of aromatic nitrogens is 1. The lowest BCUT2D eigenvalue weighted by atomic mass is 10.2. The topological polar surface area (TPSA) is 101 Å². The third-order valence-electron chi connectivity index (χ3n) is 2.64. The highest BCUT2D eigenvalue weighted by Gasteiger charge is 2.20. The van der Waals surface area contributed by atoms with Gasteiger partial charge in [0, 0.05) is 5.69 Å². The molecule has 0 bridgehead atoms. The monoisotopic (exact) mass is 279 g/mol. The second-order valence-corrected chi connectivity index (χ2v) is 4.30. The Morgan fingerprint density at radius 2 is 2.30 bits per heavy atom. The van der Waals surface area contributed by atoms with Crippen LogP contribution in [0.5, 0.6) is 0 Å². The lowest BCUT2D eigenvalue weighted by Gasteiger charge is -2.09. The third-order valence-corrected chi connectivity index (χ3v) is 2.64. The lowest BCUT2D eigenvalue weighted by Crippen LogP contribution is -2.23. The standard InChI is InChI=1S/C13H14FN3O3/c1-7(18)11(15)13-17-10(6-20-13)12(19)16-9-4-2-3-8(14)5-9/h2-7,11,18H,15H2,1H3,(H,16,19). The van der Waals surface area contributed by atoms with E-state index in [2.05, 4.69) is 10.3 Å². The zero-order valence-corrected chi connectivity index (χ0v) is 10.7.